The molecule has 0 fully saturated rings. The molecule has 3 rings (SSSR count). The Hall–Kier alpha value is -2.62. The van der Waals surface area contributed by atoms with Crippen LogP contribution in [0.3, 0.4) is 0 Å². The van der Waals surface area contributed by atoms with Crippen LogP contribution >= 0.6 is 0 Å². The van der Waals surface area contributed by atoms with Gasteiger partial charge in [0.1, 0.15) is 5.75 Å². The van der Waals surface area contributed by atoms with Crippen molar-refractivity contribution >= 4 is 0 Å². The Balaban J connectivity index is 1.77. The molecule has 20 heavy (non-hydrogen) atoms. The summed E-state index contributed by atoms with van der Waals surface area (Å²) in [5.74, 6) is 1.75. The Labute approximate surface area is 117 Å². The summed E-state index contributed by atoms with van der Waals surface area (Å²) in [6, 6.07) is 19.2. The lowest BCUT2D eigenvalue weighted by Gasteiger charge is -2.10. The Kier molecular flexibility index (Phi) is 3.46. The number of hydrogen-bond donors (Lipinski definition) is 0. The molecule has 3 aromatic rings. The molecule has 0 aliphatic heterocycles. The van der Waals surface area contributed by atoms with Gasteiger partial charge in [0.15, 0.2) is 6.10 Å². The van der Waals surface area contributed by atoms with Crippen molar-refractivity contribution in [1.82, 2.24) is 10.2 Å². The highest BCUT2D eigenvalue weighted by atomic mass is 16.5. The lowest BCUT2D eigenvalue weighted by Crippen LogP contribution is -2.03. The van der Waals surface area contributed by atoms with Crippen molar-refractivity contribution in [1.29, 1.82) is 0 Å². The van der Waals surface area contributed by atoms with E-state index in [1.807, 2.05) is 67.6 Å². The van der Waals surface area contributed by atoms with Crippen LogP contribution in [0.15, 0.2) is 65.1 Å². The highest BCUT2D eigenvalue weighted by Crippen LogP contribution is 2.23. The minimum Gasteiger partial charge on any atom is -0.481 e. The van der Waals surface area contributed by atoms with Crippen LogP contribution in [0.25, 0.3) is 11.5 Å². The van der Waals surface area contributed by atoms with Gasteiger partial charge in [-0.2, -0.15) is 0 Å². The van der Waals surface area contributed by atoms with Gasteiger partial charge >= 0.3 is 0 Å². The van der Waals surface area contributed by atoms with E-state index in [9.17, 15) is 0 Å². The average Bonchev–Trinajstić information content (AvgIpc) is 2.99. The fourth-order valence-electron chi connectivity index (χ4n) is 1.85. The molecule has 1 aromatic heterocycles. The number of ether oxygens (including phenoxy) is 1. The molecular weight excluding hydrogens is 252 g/mol. The van der Waals surface area contributed by atoms with E-state index in [-0.39, 0.29) is 6.10 Å². The first-order valence-corrected chi connectivity index (χ1v) is 6.43. The molecule has 1 heterocycles. The van der Waals surface area contributed by atoms with E-state index in [1.165, 1.54) is 0 Å². The van der Waals surface area contributed by atoms with Gasteiger partial charge in [-0.25, -0.2) is 0 Å². The van der Waals surface area contributed by atoms with Crippen LogP contribution < -0.4 is 4.74 Å². The smallest absolute Gasteiger partial charge is 0.257 e. The van der Waals surface area contributed by atoms with Crippen LogP contribution in [0.1, 0.15) is 18.9 Å². The van der Waals surface area contributed by atoms with Gasteiger partial charge in [0.05, 0.1) is 0 Å². The third-order valence-corrected chi connectivity index (χ3v) is 2.87. The molecular formula is C16H14N2O2. The van der Waals surface area contributed by atoms with E-state index in [2.05, 4.69) is 10.2 Å². The SMILES string of the molecule is CC(Oc1ccccc1)c1nnc(-c2ccccc2)o1. The van der Waals surface area contributed by atoms with Crippen LogP contribution in [0, 0.1) is 0 Å². The Morgan fingerprint density at radius 1 is 0.900 bits per heavy atom. The quantitative estimate of drug-likeness (QED) is 0.719. The summed E-state index contributed by atoms with van der Waals surface area (Å²) in [5, 5.41) is 8.10. The second-order valence-corrected chi connectivity index (χ2v) is 4.38. The van der Waals surface area contributed by atoms with Gasteiger partial charge < -0.3 is 9.15 Å². The number of para-hydroxylation sites is 1. The first-order chi connectivity index (χ1) is 9.83. The number of aromatic nitrogens is 2. The lowest BCUT2D eigenvalue weighted by atomic mass is 10.2. The van der Waals surface area contributed by atoms with Gasteiger partial charge in [0.2, 0.25) is 5.89 Å². The van der Waals surface area contributed by atoms with Crippen molar-refractivity contribution in [2.45, 2.75) is 13.0 Å². The summed E-state index contributed by atoms with van der Waals surface area (Å²) in [5.41, 5.74) is 0.901. The normalized spacial score (nSPS) is 12.1. The molecule has 1 unspecified atom stereocenters. The van der Waals surface area contributed by atoms with Crippen LogP contribution in [-0.2, 0) is 0 Å². The maximum Gasteiger partial charge on any atom is 0.257 e. The molecule has 0 amide bonds. The van der Waals surface area contributed by atoms with Crippen molar-refractivity contribution < 1.29 is 9.15 Å². The second kappa shape index (κ2) is 5.57. The molecule has 0 saturated heterocycles. The minimum absolute atomic E-state index is 0.289. The fraction of sp³-hybridized carbons (Fsp3) is 0.125. The van der Waals surface area contributed by atoms with Crippen LogP contribution in [0.5, 0.6) is 5.75 Å². The summed E-state index contributed by atoms with van der Waals surface area (Å²) in [4.78, 5) is 0. The van der Waals surface area contributed by atoms with Crippen molar-refractivity contribution in [3.8, 4) is 17.2 Å². The Morgan fingerprint density at radius 3 is 2.25 bits per heavy atom. The first-order valence-electron chi connectivity index (χ1n) is 6.43. The van der Waals surface area contributed by atoms with Crippen LogP contribution in [-0.4, -0.2) is 10.2 Å². The third kappa shape index (κ3) is 2.69. The molecule has 0 saturated carbocycles. The van der Waals surface area contributed by atoms with E-state index in [0.29, 0.717) is 11.8 Å². The highest BCUT2D eigenvalue weighted by molar-refractivity contribution is 5.51. The largest absolute Gasteiger partial charge is 0.481 e. The number of hydrogen-bond acceptors (Lipinski definition) is 4. The van der Waals surface area contributed by atoms with Crippen molar-refractivity contribution in [2.24, 2.45) is 0 Å². The summed E-state index contributed by atoms with van der Waals surface area (Å²) in [6.45, 7) is 1.88. The van der Waals surface area contributed by atoms with E-state index in [0.717, 1.165) is 11.3 Å². The van der Waals surface area contributed by atoms with Gasteiger partial charge in [-0.15, -0.1) is 10.2 Å². The minimum atomic E-state index is -0.289. The van der Waals surface area contributed by atoms with E-state index < -0.39 is 0 Å². The topological polar surface area (TPSA) is 48.2 Å². The zero-order valence-electron chi connectivity index (χ0n) is 11.1. The maximum absolute atomic E-state index is 5.75. The summed E-state index contributed by atoms with van der Waals surface area (Å²) in [7, 11) is 0. The van der Waals surface area contributed by atoms with Gasteiger partial charge in [0, 0.05) is 5.56 Å². The Morgan fingerprint density at radius 2 is 1.55 bits per heavy atom. The average molecular weight is 266 g/mol. The molecule has 0 aliphatic carbocycles. The van der Waals surface area contributed by atoms with Gasteiger partial charge in [0.25, 0.3) is 5.89 Å². The van der Waals surface area contributed by atoms with Crippen molar-refractivity contribution in [2.75, 3.05) is 0 Å². The van der Waals surface area contributed by atoms with Gasteiger partial charge in [-0.05, 0) is 31.2 Å². The number of rotatable bonds is 4. The monoisotopic (exact) mass is 266 g/mol. The maximum atomic E-state index is 5.75. The predicted octanol–water partition coefficient (Wildman–Crippen LogP) is 3.88. The van der Waals surface area contributed by atoms with Gasteiger partial charge in [-0.3, -0.25) is 0 Å². The van der Waals surface area contributed by atoms with Crippen LogP contribution in [0.2, 0.25) is 0 Å². The molecule has 0 N–H and O–H groups in total. The second-order valence-electron chi connectivity index (χ2n) is 4.38. The van der Waals surface area contributed by atoms with Gasteiger partial charge in [-0.1, -0.05) is 36.4 Å². The van der Waals surface area contributed by atoms with E-state index >= 15 is 0 Å². The Bertz CT molecular complexity index is 665. The molecule has 2 aromatic carbocycles. The number of benzene rings is 2. The molecule has 0 bridgehead atoms. The molecule has 4 nitrogen and oxygen atoms in total. The van der Waals surface area contributed by atoms with E-state index in [4.69, 9.17) is 9.15 Å². The lowest BCUT2D eigenvalue weighted by molar-refractivity contribution is 0.189. The summed E-state index contributed by atoms with van der Waals surface area (Å²) < 4.78 is 11.4. The standard InChI is InChI=1S/C16H14N2O2/c1-12(19-14-10-6-3-7-11-14)15-17-18-16(20-15)13-8-4-2-5-9-13/h2-12H,1H3. The highest BCUT2D eigenvalue weighted by Gasteiger charge is 2.16. The van der Waals surface area contributed by atoms with Crippen LogP contribution in [0.4, 0.5) is 0 Å². The molecule has 4 heteroatoms. The molecule has 0 spiro atoms. The summed E-state index contributed by atoms with van der Waals surface area (Å²) in [6.07, 6.45) is -0.289. The molecule has 0 aliphatic rings. The zero-order chi connectivity index (χ0) is 13.8. The third-order valence-electron chi connectivity index (χ3n) is 2.87. The summed E-state index contributed by atoms with van der Waals surface area (Å²) >= 11 is 0. The number of nitrogens with zero attached hydrogens (tertiary/aromatic N) is 2. The molecule has 100 valence electrons. The zero-order valence-corrected chi connectivity index (χ0v) is 11.1. The molecule has 1 atom stereocenters. The predicted molar refractivity (Wildman–Crippen MR) is 75.2 cm³/mol. The van der Waals surface area contributed by atoms with Crippen molar-refractivity contribution in [3.63, 3.8) is 0 Å². The van der Waals surface area contributed by atoms with Crippen molar-refractivity contribution in [3.05, 3.63) is 66.6 Å². The first kappa shape index (κ1) is 12.4. The van der Waals surface area contributed by atoms with E-state index in [1.54, 1.807) is 0 Å². The molecule has 0 radical (unpaired) electrons. The fourth-order valence-corrected chi connectivity index (χ4v) is 1.85.